The summed E-state index contributed by atoms with van der Waals surface area (Å²) in [6.45, 7) is 3.23. The average Bonchev–Trinajstić information content (AvgIpc) is 3.22. The van der Waals surface area contributed by atoms with Crippen LogP contribution in [0.25, 0.3) is 0 Å². The number of imidazole rings is 1. The largest absolute Gasteiger partial charge is 0.481 e. The maximum atomic E-state index is 12.9. The van der Waals surface area contributed by atoms with Gasteiger partial charge in [0, 0.05) is 18.3 Å². The number of nitrogens with two attached hydrogens (primary N) is 1. The Bertz CT molecular complexity index is 782. The van der Waals surface area contributed by atoms with Gasteiger partial charge in [0.05, 0.1) is 19.3 Å². The molecular formula is C18H28N6O7. The van der Waals surface area contributed by atoms with Crippen LogP contribution in [0.1, 0.15) is 32.4 Å². The zero-order valence-electron chi connectivity index (χ0n) is 17.3. The molecule has 0 fully saturated rings. The number of aromatic amines is 1. The third-order valence-electron chi connectivity index (χ3n) is 4.60. The molecule has 1 aromatic rings. The number of carboxylic acids is 2. The quantitative estimate of drug-likeness (QED) is 0.180. The summed E-state index contributed by atoms with van der Waals surface area (Å²) in [5.74, 6) is -5.35. The van der Waals surface area contributed by atoms with Crippen LogP contribution in [0.15, 0.2) is 12.5 Å². The molecule has 8 N–H and O–H groups in total. The monoisotopic (exact) mass is 440 g/mol. The molecule has 0 radical (unpaired) electrons. The molecule has 13 heteroatoms. The van der Waals surface area contributed by atoms with Crippen LogP contribution in [0.4, 0.5) is 0 Å². The van der Waals surface area contributed by atoms with E-state index in [4.69, 9.17) is 15.9 Å². The molecule has 1 heterocycles. The van der Waals surface area contributed by atoms with Gasteiger partial charge in [-0.25, -0.2) is 9.78 Å². The number of hydrogen-bond acceptors (Lipinski definition) is 7. The molecule has 1 rings (SSSR count). The fraction of sp³-hybridized carbons (Fsp3) is 0.556. The molecule has 4 unspecified atom stereocenters. The Hall–Kier alpha value is -3.48. The lowest BCUT2D eigenvalue weighted by atomic mass is 9.97. The summed E-state index contributed by atoms with van der Waals surface area (Å²) in [5.41, 5.74) is 5.77. The Morgan fingerprint density at radius 3 is 2.23 bits per heavy atom. The lowest BCUT2D eigenvalue weighted by molar-refractivity contribution is -0.147. The molecule has 13 nitrogen and oxygen atoms in total. The molecule has 0 aromatic carbocycles. The Kier molecular flexibility index (Phi) is 10.1. The zero-order chi connectivity index (χ0) is 23.6. The zero-order valence-corrected chi connectivity index (χ0v) is 17.3. The van der Waals surface area contributed by atoms with Gasteiger partial charge in [-0.2, -0.15) is 0 Å². The van der Waals surface area contributed by atoms with Crippen molar-refractivity contribution in [1.29, 1.82) is 0 Å². The third-order valence-corrected chi connectivity index (χ3v) is 4.60. The van der Waals surface area contributed by atoms with Gasteiger partial charge in [-0.1, -0.05) is 20.3 Å². The van der Waals surface area contributed by atoms with E-state index >= 15 is 0 Å². The minimum absolute atomic E-state index is 0.0744. The SMILES string of the molecule is CCC(C)C(NC(=O)CN)C(=O)NC(Cc1cnc[nH]1)C(=O)NC(CC(=O)O)C(=O)O. The lowest BCUT2D eigenvalue weighted by Crippen LogP contribution is -2.58. The maximum Gasteiger partial charge on any atom is 0.326 e. The Labute approximate surface area is 178 Å². The highest BCUT2D eigenvalue weighted by molar-refractivity contribution is 5.94. The molecule has 4 atom stereocenters. The first-order valence-electron chi connectivity index (χ1n) is 9.61. The van der Waals surface area contributed by atoms with Gasteiger partial charge in [-0.3, -0.25) is 19.2 Å². The first-order chi connectivity index (χ1) is 14.6. The van der Waals surface area contributed by atoms with Gasteiger partial charge in [0.1, 0.15) is 18.1 Å². The molecule has 172 valence electrons. The van der Waals surface area contributed by atoms with Crippen molar-refractivity contribution in [2.75, 3.05) is 6.54 Å². The number of nitrogens with zero attached hydrogens (tertiary/aromatic N) is 1. The van der Waals surface area contributed by atoms with Crippen LogP contribution in [0.2, 0.25) is 0 Å². The Morgan fingerprint density at radius 1 is 1.10 bits per heavy atom. The minimum atomic E-state index is -1.69. The number of carboxylic acid groups (broad SMARTS) is 2. The number of aliphatic carboxylic acids is 2. The van der Waals surface area contributed by atoms with E-state index in [-0.39, 0.29) is 18.9 Å². The van der Waals surface area contributed by atoms with Crippen LogP contribution in [0.3, 0.4) is 0 Å². The van der Waals surface area contributed by atoms with Crippen molar-refractivity contribution < 1.29 is 34.2 Å². The summed E-state index contributed by atoms with van der Waals surface area (Å²) in [4.78, 5) is 66.0. The fourth-order valence-electron chi connectivity index (χ4n) is 2.67. The van der Waals surface area contributed by atoms with Crippen LogP contribution in [-0.4, -0.2) is 74.5 Å². The van der Waals surface area contributed by atoms with Crippen LogP contribution in [0.5, 0.6) is 0 Å². The van der Waals surface area contributed by atoms with Gasteiger partial charge in [-0.15, -0.1) is 0 Å². The molecule has 0 spiro atoms. The fourth-order valence-corrected chi connectivity index (χ4v) is 2.67. The molecule has 0 aliphatic heterocycles. The van der Waals surface area contributed by atoms with E-state index in [9.17, 15) is 24.0 Å². The molecule has 3 amide bonds. The summed E-state index contributed by atoms with van der Waals surface area (Å²) in [6.07, 6.45) is 2.41. The van der Waals surface area contributed by atoms with Crippen LogP contribution in [-0.2, 0) is 30.4 Å². The highest BCUT2D eigenvalue weighted by Gasteiger charge is 2.32. The Balaban J connectivity index is 3.06. The van der Waals surface area contributed by atoms with E-state index in [0.29, 0.717) is 12.1 Å². The predicted octanol–water partition coefficient (Wildman–Crippen LogP) is -2.03. The predicted molar refractivity (Wildman–Crippen MR) is 106 cm³/mol. The highest BCUT2D eigenvalue weighted by atomic mass is 16.4. The highest BCUT2D eigenvalue weighted by Crippen LogP contribution is 2.09. The van der Waals surface area contributed by atoms with Crippen molar-refractivity contribution in [2.45, 2.75) is 51.2 Å². The normalized spacial score (nSPS) is 14.5. The summed E-state index contributed by atoms with van der Waals surface area (Å²) >= 11 is 0. The first-order valence-corrected chi connectivity index (χ1v) is 9.61. The molecule has 1 aromatic heterocycles. The summed E-state index contributed by atoms with van der Waals surface area (Å²) in [6, 6.07) is -3.93. The number of carbonyl (C=O) groups excluding carboxylic acids is 3. The van der Waals surface area contributed by atoms with Crippen molar-refractivity contribution in [3.05, 3.63) is 18.2 Å². The number of nitrogens with one attached hydrogen (secondary N) is 4. The van der Waals surface area contributed by atoms with E-state index in [2.05, 4.69) is 25.9 Å². The molecule has 0 aliphatic rings. The Morgan fingerprint density at radius 2 is 1.74 bits per heavy atom. The van der Waals surface area contributed by atoms with E-state index in [0.717, 1.165) is 0 Å². The van der Waals surface area contributed by atoms with Gasteiger partial charge >= 0.3 is 11.9 Å². The number of hydrogen-bond donors (Lipinski definition) is 7. The van der Waals surface area contributed by atoms with Crippen LogP contribution in [0, 0.1) is 5.92 Å². The van der Waals surface area contributed by atoms with E-state index in [1.807, 2.05) is 6.92 Å². The van der Waals surface area contributed by atoms with Crippen molar-refractivity contribution in [1.82, 2.24) is 25.9 Å². The van der Waals surface area contributed by atoms with Crippen molar-refractivity contribution >= 4 is 29.7 Å². The van der Waals surface area contributed by atoms with Crippen LogP contribution < -0.4 is 21.7 Å². The number of carbonyl (C=O) groups is 5. The molecular weight excluding hydrogens is 412 g/mol. The maximum absolute atomic E-state index is 12.9. The molecule has 0 saturated carbocycles. The van der Waals surface area contributed by atoms with E-state index < -0.39 is 54.2 Å². The first kappa shape index (κ1) is 25.6. The molecule has 0 aliphatic carbocycles. The van der Waals surface area contributed by atoms with E-state index in [1.54, 1.807) is 6.92 Å². The van der Waals surface area contributed by atoms with Crippen molar-refractivity contribution in [3.8, 4) is 0 Å². The summed E-state index contributed by atoms with van der Waals surface area (Å²) in [7, 11) is 0. The van der Waals surface area contributed by atoms with E-state index in [1.165, 1.54) is 12.5 Å². The van der Waals surface area contributed by atoms with Gasteiger partial charge in [-0.05, 0) is 5.92 Å². The molecule has 0 saturated heterocycles. The number of H-pyrrole nitrogens is 1. The average molecular weight is 440 g/mol. The van der Waals surface area contributed by atoms with Gasteiger partial charge in [0.15, 0.2) is 0 Å². The second-order valence-electron chi connectivity index (χ2n) is 6.97. The van der Waals surface area contributed by atoms with Gasteiger partial charge in [0.25, 0.3) is 0 Å². The molecule has 0 bridgehead atoms. The second kappa shape index (κ2) is 12.3. The van der Waals surface area contributed by atoms with Crippen molar-refractivity contribution in [2.24, 2.45) is 11.7 Å². The lowest BCUT2D eigenvalue weighted by Gasteiger charge is -2.26. The molecule has 31 heavy (non-hydrogen) atoms. The number of rotatable bonds is 13. The van der Waals surface area contributed by atoms with Gasteiger partial charge < -0.3 is 36.9 Å². The topological polar surface area (TPSA) is 217 Å². The summed E-state index contributed by atoms with van der Waals surface area (Å²) < 4.78 is 0. The summed E-state index contributed by atoms with van der Waals surface area (Å²) in [5, 5.41) is 25.2. The standard InChI is InChI=1S/C18H28N6O7/c1-3-9(2)15(24-13(25)6-19)17(29)22-11(4-10-7-20-8-21-10)16(28)23-12(18(30)31)5-14(26)27/h7-9,11-12,15H,3-6,19H2,1-2H3,(H,20,21)(H,22,29)(H,23,28)(H,24,25)(H,26,27)(H,30,31). The third kappa shape index (κ3) is 8.42. The number of amides is 3. The second-order valence-corrected chi connectivity index (χ2v) is 6.97. The van der Waals surface area contributed by atoms with Crippen molar-refractivity contribution in [3.63, 3.8) is 0 Å². The smallest absolute Gasteiger partial charge is 0.326 e. The van der Waals surface area contributed by atoms with Crippen LogP contribution >= 0.6 is 0 Å². The van der Waals surface area contributed by atoms with Gasteiger partial charge in [0.2, 0.25) is 17.7 Å². The minimum Gasteiger partial charge on any atom is -0.481 e. The number of aromatic nitrogens is 2.